The predicted octanol–water partition coefficient (Wildman–Crippen LogP) is 4.23. The molecule has 0 aliphatic carbocycles. The number of esters is 1. The molecule has 1 amide bonds. The number of benzene rings is 1. The molecule has 0 radical (unpaired) electrons. The minimum absolute atomic E-state index is 0.0133. The number of methoxy groups -OCH3 is 1. The molecule has 0 bridgehead atoms. The molecule has 0 spiro atoms. The van der Waals surface area contributed by atoms with Crippen molar-refractivity contribution in [1.82, 2.24) is 14.9 Å². The van der Waals surface area contributed by atoms with Gasteiger partial charge in [-0.3, -0.25) is 4.79 Å². The molecule has 3 rings (SSSR count). The van der Waals surface area contributed by atoms with Crippen molar-refractivity contribution in [2.24, 2.45) is 0 Å². The van der Waals surface area contributed by atoms with Crippen LogP contribution < -0.4 is 10.1 Å². The van der Waals surface area contributed by atoms with Gasteiger partial charge in [-0.05, 0) is 58.0 Å². The van der Waals surface area contributed by atoms with Crippen molar-refractivity contribution >= 4 is 23.2 Å². The fraction of sp³-hybridized carbons (Fsp3) is 0.318. The van der Waals surface area contributed by atoms with E-state index in [1.54, 1.807) is 25.5 Å². The van der Waals surface area contributed by atoms with Crippen molar-refractivity contribution in [3.63, 3.8) is 0 Å². The van der Waals surface area contributed by atoms with Crippen LogP contribution in [0.25, 0.3) is 17.1 Å². The lowest BCUT2D eigenvalue weighted by Crippen LogP contribution is -2.30. The van der Waals surface area contributed by atoms with Crippen LogP contribution in [0.4, 0.5) is 0 Å². The Morgan fingerprint density at radius 3 is 2.53 bits per heavy atom. The molecule has 3 aromatic rings. The topological polar surface area (TPSA) is 82.5 Å². The van der Waals surface area contributed by atoms with Crippen molar-refractivity contribution in [2.75, 3.05) is 13.7 Å². The van der Waals surface area contributed by atoms with E-state index in [0.717, 1.165) is 22.8 Å². The second-order valence-corrected chi connectivity index (χ2v) is 7.81. The number of carbonyl (C=O) groups is 2. The van der Waals surface area contributed by atoms with Gasteiger partial charge in [0.1, 0.15) is 5.75 Å². The molecule has 1 N–H and O–H groups in total. The zero-order chi connectivity index (χ0) is 21.8. The summed E-state index contributed by atoms with van der Waals surface area (Å²) in [6, 6.07) is 9.37. The van der Waals surface area contributed by atoms with Crippen LogP contribution in [-0.4, -0.2) is 41.2 Å². The van der Waals surface area contributed by atoms with Crippen LogP contribution in [0.1, 0.15) is 46.6 Å². The van der Waals surface area contributed by atoms with Crippen LogP contribution in [0.3, 0.4) is 0 Å². The maximum atomic E-state index is 12.8. The minimum atomic E-state index is -0.453. The van der Waals surface area contributed by atoms with Gasteiger partial charge in [0.15, 0.2) is 0 Å². The molecule has 30 heavy (non-hydrogen) atoms. The smallest absolute Gasteiger partial charge is 0.367 e. The third kappa shape index (κ3) is 4.38. The lowest BCUT2D eigenvalue weighted by atomic mass is 10.2. The number of hydrogen-bond donors (Lipinski definition) is 1. The summed E-state index contributed by atoms with van der Waals surface area (Å²) in [5.41, 5.74) is 3.51. The Balaban J connectivity index is 2.12. The average Bonchev–Trinajstić information content (AvgIpc) is 3.32. The van der Waals surface area contributed by atoms with Gasteiger partial charge < -0.3 is 19.4 Å². The summed E-state index contributed by atoms with van der Waals surface area (Å²) in [5.74, 6) is 0.129. The average molecular weight is 428 g/mol. The Labute approximate surface area is 179 Å². The number of thiazole rings is 1. The van der Waals surface area contributed by atoms with Gasteiger partial charge in [0.05, 0.1) is 30.7 Å². The number of hydrogen-bond acceptors (Lipinski definition) is 6. The predicted molar refractivity (Wildman–Crippen MR) is 117 cm³/mol. The zero-order valence-electron chi connectivity index (χ0n) is 17.7. The van der Waals surface area contributed by atoms with Crippen LogP contribution in [0, 0.1) is 6.92 Å². The maximum absolute atomic E-state index is 12.8. The summed E-state index contributed by atoms with van der Waals surface area (Å²) in [4.78, 5) is 29.3. The minimum Gasteiger partial charge on any atom is -0.497 e. The maximum Gasteiger partial charge on any atom is 0.367 e. The summed E-state index contributed by atoms with van der Waals surface area (Å²) in [6.45, 7) is 7.77. The summed E-state index contributed by atoms with van der Waals surface area (Å²) < 4.78 is 12.3. The lowest BCUT2D eigenvalue weighted by Gasteiger charge is -2.12. The Bertz CT molecular complexity index is 1050. The monoisotopic (exact) mass is 427 g/mol. The number of nitrogens with one attached hydrogen (secondary N) is 1. The molecule has 0 aliphatic rings. The van der Waals surface area contributed by atoms with Crippen LogP contribution in [0.2, 0.25) is 0 Å². The highest BCUT2D eigenvalue weighted by Gasteiger charge is 2.22. The van der Waals surface area contributed by atoms with Crippen molar-refractivity contribution in [1.29, 1.82) is 0 Å². The number of aromatic nitrogens is 2. The summed E-state index contributed by atoms with van der Waals surface area (Å²) in [6.07, 6.45) is 0. The van der Waals surface area contributed by atoms with E-state index in [4.69, 9.17) is 9.47 Å². The standard InChI is InChI=1S/C22H25N3O4S/c1-6-29-22(27)21-24-18(12-30-21)19-11-17(20(26)23-13(2)3)14(4)25(19)15-7-9-16(28-5)10-8-15/h7-13H,6H2,1-5H3,(H,23,26). The molecule has 0 aliphatic heterocycles. The van der Waals surface area contributed by atoms with Gasteiger partial charge in [-0.1, -0.05) is 0 Å². The largest absolute Gasteiger partial charge is 0.497 e. The van der Waals surface area contributed by atoms with E-state index in [1.807, 2.05) is 49.6 Å². The normalized spacial score (nSPS) is 10.9. The highest BCUT2D eigenvalue weighted by molar-refractivity contribution is 7.11. The SMILES string of the molecule is CCOC(=O)c1nc(-c2cc(C(=O)NC(C)C)c(C)n2-c2ccc(OC)cc2)cs1. The number of rotatable bonds is 7. The van der Waals surface area contributed by atoms with Crippen molar-refractivity contribution in [3.8, 4) is 22.8 Å². The first-order chi connectivity index (χ1) is 14.3. The molecule has 0 saturated carbocycles. The third-order valence-corrected chi connectivity index (χ3v) is 5.28. The van der Waals surface area contributed by atoms with Crippen molar-refractivity contribution in [3.05, 3.63) is 52.0 Å². The Morgan fingerprint density at radius 1 is 1.23 bits per heavy atom. The molecule has 158 valence electrons. The highest BCUT2D eigenvalue weighted by Crippen LogP contribution is 2.31. The van der Waals surface area contributed by atoms with Gasteiger partial charge in [-0.15, -0.1) is 11.3 Å². The summed E-state index contributed by atoms with van der Waals surface area (Å²) >= 11 is 1.22. The fourth-order valence-corrected chi connectivity index (χ4v) is 3.81. The van der Waals surface area contributed by atoms with E-state index >= 15 is 0 Å². The molecule has 0 fully saturated rings. The van der Waals surface area contributed by atoms with E-state index in [0.29, 0.717) is 11.3 Å². The van der Waals surface area contributed by atoms with Crippen LogP contribution in [-0.2, 0) is 4.74 Å². The Morgan fingerprint density at radius 2 is 1.93 bits per heavy atom. The molecular weight excluding hydrogens is 402 g/mol. The summed E-state index contributed by atoms with van der Waals surface area (Å²) in [5, 5.41) is 5.01. The summed E-state index contributed by atoms with van der Waals surface area (Å²) in [7, 11) is 1.61. The van der Waals surface area contributed by atoms with Gasteiger partial charge in [-0.25, -0.2) is 9.78 Å². The molecule has 2 aromatic heterocycles. The Kier molecular flexibility index (Phi) is 6.56. The molecule has 8 heteroatoms. The molecule has 0 unspecified atom stereocenters. The van der Waals surface area contributed by atoms with E-state index < -0.39 is 5.97 Å². The van der Waals surface area contributed by atoms with Gasteiger partial charge in [0.2, 0.25) is 5.01 Å². The van der Waals surface area contributed by atoms with Crippen LogP contribution >= 0.6 is 11.3 Å². The van der Waals surface area contributed by atoms with E-state index in [2.05, 4.69) is 10.3 Å². The number of carbonyl (C=O) groups excluding carboxylic acids is 2. The first-order valence-corrected chi connectivity index (χ1v) is 10.5. The third-order valence-electron chi connectivity index (χ3n) is 4.46. The molecule has 0 atom stereocenters. The molecule has 7 nitrogen and oxygen atoms in total. The zero-order valence-corrected chi connectivity index (χ0v) is 18.5. The van der Waals surface area contributed by atoms with Gasteiger partial charge in [0, 0.05) is 22.8 Å². The van der Waals surface area contributed by atoms with E-state index in [-0.39, 0.29) is 23.6 Å². The van der Waals surface area contributed by atoms with Crippen LogP contribution in [0.15, 0.2) is 35.7 Å². The van der Waals surface area contributed by atoms with Gasteiger partial charge in [-0.2, -0.15) is 0 Å². The quantitative estimate of drug-likeness (QED) is 0.571. The molecular formula is C22H25N3O4S. The molecule has 2 heterocycles. The highest BCUT2D eigenvalue weighted by atomic mass is 32.1. The number of ether oxygens (including phenoxy) is 2. The van der Waals surface area contributed by atoms with Gasteiger partial charge in [0.25, 0.3) is 5.91 Å². The lowest BCUT2D eigenvalue weighted by molar-refractivity contribution is 0.0526. The van der Waals surface area contributed by atoms with Crippen molar-refractivity contribution < 1.29 is 19.1 Å². The van der Waals surface area contributed by atoms with Crippen LogP contribution in [0.5, 0.6) is 5.75 Å². The fourth-order valence-electron chi connectivity index (χ4n) is 3.11. The molecule has 1 aromatic carbocycles. The van der Waals surface area contributed by atoms with E-state index in [9.17, 15) is 9.59 Å². The second kappa shape index (κ2) is 9.13. The Hall–Kier alpha value is -3.13. The first kappa shape index (κ1) is 21.6. The van der Waals surface area contributed by atoms with Gasteiger partial charge >= 0.3 is 5.97 Å². The second-order valence-electron chi connectivity index (χ2n) is 6.95. The van der Waals surface area contributed by atoms with Crippen molar-refractivity contribution in [2.45, 2.75) is 33.7 Å². The molecule has 0 saturated heterocycles. The number of nitrogens with zero attached hydrogens (tertiary/aromatic N) is 2. The first-order valence-electron chi connectivity index (χ1n) is 9.66. The number of amides is 1. The van der Waals surface area contributed by atoms with E-state index in [1.165, 1.54) is 11.3 Å².